The van der Waals surface area contributed by atoms with Gasteiger partial charge >= 0.3 is 6.03 Å². The summed E-state index contributed by atoms with van der Waals surface area (Å²) in [7, 11) is 1.58. The summed E-state index contributed by atoms with van der Waals surface area (Å²) in [5.41, 5.74) is 0.816. The summed E-state index contributed by atoms with van der Waals surface area (Å²) < 4.78 is 23.5. The van der Waals surface area contributed by atoms with Gasteiger partial charge in [0.05, 0.1) is 12.6 Å². The number of hydrogen-bond acceptors (Lipinski definition) is 4. The largest absolute Gasteiger partial charge is 0.439 e. The number of nitrogens with zero attached hydrogens (tertiary/aromatic N) is 1. The molecule has 2 N–H and O–H groups in total. The fourth-order valence-electron chi connectivity index (χ4n) is 1.98. The molecular formula is C17H20FN3O3. The van der Waals surface area contributed by atoms with Crippen molar-refractivity contribution >= 4 is 6.03 Å². The summed E-state index contributed by atoms with van der Waals surface area (Å²) >= 11 is 0. The number of rotatable bonds is 7. The maximum atomic E-state index is 13.1. The van der Waals surface area contributed by atoms with Gasteiger partial charge in [0.2, 0.25) is 5.88 Å². The average molecular weight is 333 g/mol. The van der Waals surface area contributed by atoms with Gasteiger partial charge in [0.1, 0.15) is 11.6 Å². The summed E-state index contributed by atoms with van der Waals surface area (Å²) in [6.07, 6.45) is 1.59. The average Bonchev–Trinajstić information content (AvgIpc) is 2.54. The van der Waals surface area contributed by atoms with Crippen molar-refractivity contribution in [2.75, 3.05) is 13.7 Å². The highest BCUT2D eigenvalue weighted by atomic mass is 19.1. The van der Waals surface area contributed by atoms with Crippen LogP contribution in [0.1, 0.15) is 12.5 Å². The third-order valence-electron chi connectivity index (χ3n) is 3.06. The molecule has 1 heterocycles. The Morgan fingerprint density at radius 1 is 1.33 bits per heavy atom. The lowest BCUT2D eigenvalue weighted by Gasteiger charge is -2.13. The molecular weight excluding hydrogens is 313 g/mol. The standard InChI is InChI=1S/C17H20FN3O3/c1-12(11-23-2)21-17(22)20-10-13-6-7-16(19-9-13)24-15-5-3-4-14(18)8-15/h3-9,12H,10-11H2,1-2H3,(H2,20,21,22). The van der Waals surface area contributed by atoms with E-state index in [1.54, 1.807) is 37.6 Å². The Morgan fingerprint density at radius 3 is 2.83 bits per heavy atom. The van der Waals surface area contributed by atoms with Crippen LogP contribution in [0.2, 0.25) is 0 Å². The van der Waals surface area contributed by atoms with Gasteiger partial charge in [0, 0.05) is 32.0 Å². The summed E-state index contributed by atoms with van der Waals surface area (Å²) in [6, 6.07) is 8.91. The summed E-state index contributed by atoms with van der Waals surface area (Å²) in [5, 5.41) is 5.47. The smallest absolute Gasteiger partial charge is 0.315 e. The monoisotopic (exact) mass is 333 g/mol. The van der Waals surface area contributed by atoms with E-state index in [1.165, 1.54) is 12.1 Å². The topological polar surface area (TPSA) is 72.5 Å². The van der Waals surface area contributed by atoms with Crippen LogP contribution < -0.4 is 15.4 Å². The van der Waals surface area contributed by atoms with Gasteiger partial charge in [-0.2, -0.15) is 0 Å². The first kappa shape index (κ1) is 17.7. The third-order valence-corrected chi connectivity index (χ3v) is 3.06. The predicted octanol–water partition coefficient (Wildman–Crippen LogP) is 2.85. The molecule has 6 nitrogen and oxygen atoms in total. The number of methoxy groups -OCH3 is 1. The SMILES string of the molecule is COCC(C)NC(=O)NCc1ccc(Oc2cccc(F)c2)nc1. The first-order valence-corrected chi connectivity index (χ1v) is 7.48. The zero-order valence-electron chi connectivity index (χ0n) is 13.6. The Labute approximate surface area is 140 Å². The predicted molar refractivity (Wildman–Crippen MR) is 87.4 cm³/mol. The molecule has 0 bridgehead atoms. The highest BCUT2D eigenvalue weighted by molar-refractivity contribution is 5.74. The Morgan fingerprint density at radius 2 is 2.17 bits per heavy atom. The van der Waals surface area contributed by atoms with E-state index >= 15 is 0 Å². The van der Waals surface area contributed by atoms with Gasteiger partial charge in [-0.1, -0.05) is 12.1 Å². The number of nitrogens with one attached hydrogen (secondary N) is 2. The fourth-order valence-corrected chi connectivity index (χ4v) is 1.98. The van der Waals surface area contributed by atoms with Crippen molar-refractivity contribution in [2.24, 2.45) is 0 Å². The first-order chi connectivity index (χ1) is 11.6. The molecule has 1 atom stereocenters. The van der Waals surface area contributed by atoms with Crippen molar-refractivity contribution in [3.8, 4) is 11.6 Å². The zero-order valence-corrected chi connectivity index (χ0v) is 13.6. The lowest BCUT2D eigenvalue weighted by Crippen LogP contribution is -2.42. The molecule has 0 aliphatic heterocycles. The Balaban J connectivity index is 1.82. The lowest BCUT2D eigenvalue weighted by atomic mass is 10.3. The highest BCUT2D eigenvalue weighted by Gasteiger charge is 2.06. The number of pyridine rings is 1. The van der Waals surface area contributed by atoms with Gasteiger partial charge in [-0.05, 0) is 24.6 Å². The van der Waals surface area contributed by atoms with Crippen molar-refractivity contribution in [1.29, 1.82) is 0 Å². The van der Waals surface area contributed by atoms with Crippen LogP contribution in [0.3, 0.4) is 0 Å². The van der Waals surface area contributed by atoms with E-state index in [2.05, 4.69) is 15.6 Å². The molecule has 0 saturated carbocycles. The molecule has 24 heavy (non-hydrogen) atoms. The molecule has 0 aliphatic rings. The number of urea groups is 1. The van der Waals surface area contributed by atoms with Crippen molar-refractivity contribution < 1.29 is 18.7 Å². The number of carbonyl (C=O) groups excluding carboxylic acids is 1. The van der Waals surface area contributed by atoms with Crippen LogP contribution in [0.5, 0.6) is 11.6 Å². The number of ether oxygens (including phenoxy) is 2. The van der Waals surface area contributed by atoms with Crippen LogP contribution in [-0.4, -0.2) is 30.8 Å². The first-order valence-electron chi connectivity index (χ1n) is 7.48. The molecule has 0 aliphatic carbocycles. The van der Waals surface area contributed by atoms with E-state index in [4.69, 9.17) is 9.47 Å². The van der Waals surface area contributed by atoms with E-state index in [0.29, 0.717) is 24.8 Å². The van der Waals surface area contributed by atoms with E-state index in [1.807, 2.05) is 6.92 Å². The van der Waals surface area contributed by atoms with E-state index < -0.39 is 0 Å². The number of halogens is 1. The van der Waals surface area contributed by atoms with Crippen molar-refractivity contribution in [2.45, 2.75) is 19.5 Å². The minimum absolute atomic E-state index is 0.0739. The minimum Gasteiger partial charge on any atom is -0.439 e. The van der Waals surface area contributed by atoms with Crippen molar-refractivity contribution in [3.63, 3.8) is 0 Å². The molecule has 2 amide bonds. The van der Waals surface area contributed by atoms with E-state index in [-0.39, 0.29) is 17.9 Å². The van der Waals surface area contributed by atoms with E-state index in [0.717, 1.165) is 5.56 Å². The second kappa shape index (κ2) is 8.83. The molecule has 1 aromatic carbocycles. The normalized spacial score (nSPS) is 11.6. The molecule has 0 radical (unpaired) electrons. The molecule has 2 aromatic rings. The lowest BCUT2D eigenvalue weighted by molar-refractivity contribution is 0.171. The van der Waals surface area contributed by atoms with Crippen LogP contribution in [0, 0.1) is 5.82 Å². The van der Waals surface area contributed by atoms with Crippen LogP contribution in [-0.2, 0) is 11.3 Å². The summed E-state index contributed by atoms with van der Waals surface area (Å²) in [5.74, 6) is 0.351. The number of benzene rings is 1. The Hall–Kier alpha value is -2.67. The maximum absolute atomic E-state index is 13.1. The maximum Gasteiger partial charge on any atom is 0.315 e. The van der Waals surface area contributed by atoms with Gasteiger partial charge in [0.15, 0.2) is 0 Å². The van der Waals surface area contributed by atoms with Gasteiger partial charge in [0.25, 0.3) is 0 Å². The number of carbonyl (C=O) groups is 1. The van der Waals surface area contributed by atoms with Crippen molar-refractivity contribution in [3.05, 3.63) is 54.0 Å². The molecule has 0 fully saturated rings. The van der Waals surface area contributed by atoms with Crippen LogP contribution in [0.15, 0.2) is 42.6 Å². The van der Waals surface area contributed by atoms with Crippen LogP contribution in [0.4, 0.5) is 9.18 Å². The van der Waals surface area contributed by atoms with Gasteiger partial charge in [-0.25, -0.2) is 14.2 Å². The number of hydrogen-bond donors (Lipinski definition) is 2. The van der Waals surface area contributed by atoms with E-state index in [9.17, 15) is 9.18 Å². The van der Waals surface area contributed by atoms with Crippen molar-refractivity contribution in [1.82, 2.24) is 15.6 Å². The van der Waals surface area contributed by atoms with Gasteiger partial charge in [-0.3, -0.25) is 0 Å². The quantitative estimate of drug-likeness (QED) is 0.817. The molecule has 1 unspecified atom stereocenters. The minimum atomic E-state index is -0.373. The fraction of sp³-hybridized carbons (Fsp3) is 0.294. The molecule has 2 rings (SSSR count). The molecule has 128 valence electrons. The second-order valence-electron chi connectivity index (χ2n) is 5.25. The van der Waals surface area contributed by atoms with Crippen LogP contribution in [0.25, 0.3) is 0 Å². The Kier molecular flexibility index (Phi) is 6.51. The van der Waals surface area contributed by atoms with Gasteiger partial charge in [-0.15, -0.1) is 0 Å². The zero-order chi connectivity index (χ0) is 17.4. The second-order valence-corrected chi connectivity index (χ2v) is 5.25. The molecule has 1 aromatic heterocycles. The highest BCUT2D eigenvalue weighted by Crippen LogP contribution is 2.19. The van der Waals surface area contributed by atoms with Crippen LogP contribution >= 0.6 is 0 Å². The molecule has 0 saturated heterocycles. The van der Waals surface area contributed by atoms with Gasteiger partial charge < -0.3 is 20.1 Å². The summed E-state index contributed by atoms with van der Waals surface area (Å²) in [6.45, 7) is 2.63. The number of amides is 2. The Bertz CT molecular complexity index is 664. The number of aromatic nitrogens is 1. The molecule has 0 spiro atoms. The third kappa shape index (κ3) is 5.85. The molecule has 7 heteroatoms. The summed E-state index contributed by atoms with van der Waals surface area (Å²) in [4.78, 5) is 15.8.